The van der Waals surface area contributed by atoms with Crippen molar-refractivity contribution in [1.82, 2.24) is 10.2 Å². The largest absolute Gasteiger partial charge is 0.385 e. The van der Waals surface area contributed by atoms with E-state index in [2.05, 4.69) is 22.3 Å². The topological polar surface area (TPSA) is 35.5 Å². The van der Waals surface area contributed by atoms with Crippen molar-refractivity contribution < 1.29 is 5.11 Å². The van der Waals surface area contributed by atoms with E-state index in [9.17, 15) is 5.11 Å². The van der Waals surface area contributed by atoms with Gasteiger partial charge >= 0.3 is 0 Å². The van der Waals surface area contributed by atoms with Crippen molar-refractivity contribution >= 4 is 0 Å². The third-order valence-corrected chi connectivity index (χ3v) is 6.08. The summed E-state index contributed by atoms with van der Waals surface area (Å²) in [5, 5.41) is 14.8. The summed E-state index contributed by atoms with van der Waals surface area (Å²) in [4.78, 5) is 2.65. The minimum absolute atomic E-state index is 0.588. The molecule has 3 nitrogen and oxygen atoms in total. The predicted octanol–water partition coefficient (Wildman–Crippen LogP) is 2.89. The molecule has 3 heteroatoms. The van der Waals surface area contributed by atoms with Gasteiger partial charge in [-0.2, -0.15) is 0 Å². The quantitative estimate of drug-likeness (QED) is 0.877. The summed E-state index contributed by atoms with van der Waals surface area (Å²) in [7, 11) is 0. The molecule has 2 aliphatic carbocycles. The van der Waals surface area contributed by atoms with Crippen LogP contribution in [0.4, 0.5) is 0 Å². The van der Waals surface area contributed by atoms with Crippen LogP contribution in [0.1, 0.15) is 50.5 Å². The van der Waals surface area contributed by atoms with E-state index in [-0.39, 0.29) is 0 Å². The van der Waals surface area contributed by atoms with Crippen LogP contribution in [-0.4, -0.2) is 41.7 Å². The zero-order valence-electron chi connectivity index (χ0n) is 14.1. The Bertz CT molecular complexity index is 506. The van der Waals surface area contributed by atoms with Gasteiger partial charge < -0.3 is 15.3 Å². The van der Waals surface area contributed by atoms with Gasteiger partial charge in [0.25, 0.3) is 0 Å². The Morgan fingerprint density at radius 2 is 1.74 bits per heavy atom. The fourth-order valence-electron chi connectivity index (χ4n) is 4.43. The highest BCUT2D eigenvalue weighted by atomic mass is 16.3. The van der Waals surface area contributed by atoms with E-state index in [4.69, 9.17) is 0 Å². The zero-order chi connectivity index (χ0) is 15.7. The van der Waals surface area contributed by atoms with E-state index >= 15 is 0 Å². The molecule has 0 radical (unpaired) electrons. The minimum atomic E-state index is -0.604. The molecular formula is C20H30N2O. The molecule has 23 heavy (non-hydrogen) atoms. The number of hydrogen-bond acceptors (Lipinski definition) is 3. The average molecular weight is 314 g/mol. The van der Waals surface area contributed by atoms with Crippen LogP contribution in [0.5, 0.6) is 0 Å². The lowest BCUT2D eigenvalue weighted by atomic mass is 9.77. The number of rotatable bonds is 5. The van der Waals surface area contributed by atoms with Gasteiger partial charge in [-0.05, 0) is 63.0 Å². The van der Waals surface area contributed by atoms with Gasteiger partial charge in [0.05, 0.1) is 5.60 Å². The van der Waals surface area contributed by atoms with E-state index in [1.54, 1.807) is 0 Å². The smallest absolute Gasteiger partial charge is 0.0897 e. The standard InChI is InChI=1S/C20H30N2O/c23-20(17-4-2-1-3-5-17)11-8-18(9-12-20)21-19-10-13-22(15-19)14-16-6-7-16/h1-5,16,18-19,21,23H,6-15H2. The monoisotopic (exact) mass is 314 g/mol. The molecule has 0 spiro atoms. The van der Waals surface area contributed by atoms with Crippen LogP contribution in [0, 0.1) is 5.92 Å². The Morgan fingerprint density at radius 3 is 2.43 bits per heavy atom. The number of hydrogen-bond donors (Lipinski definition) is 2. The third kappa shape index (κ3) is 3.78. The summed E-state index contributed by atoms with van der Waals surface area (Å²) in [6.45, 7) is 3.83. The number of nitrogens with one attached hydrogen (secondary N) is 1. The molecule has 3 fully saturated rings. The first kappa shape index (κ1) is 15.6. The maximum absolute atomic E-state index is 10.9. The molecule has 1 heterocycles. The molecule has 126 valence electrons. The van der Waals surface area contributed by atoms with Crippen molar-refractivity contribution in [2.24, 2.45) is 5.92 Å². The molecule has 3 aliphatic rings. The highest BCUT2D eigenvalue weighted by molar-refractivity contribution is 5.23. The van der Waals surface area contributed by atoms with E-state index in [1.165, 1.54) is 38.9 Å². The van der Waals surface area contributed by atoms with Crippen molar-refractivity contribution in [3.63, 3.8) is 0 Å². The first-order chi connectivity index (χ1) is 11.2. The molecule has 1 aliphatic heterocycles. The van der Waals surface area contributed by atoms with Crippen molar-refractivity contribution in [3.05, 3.63) is 35.9 Å². The van der Waals surface area contributed by atoms with Gasteiger partial charge in [0.15, 0.2) is 0 Å². The van der Waals surface area contributed by atoms with Gasteiger partial charge in [-0.3, -0.25) is 0 Å². The normalized spacial score (nSPS) is 35.5. The molecule has 0 bridgehead atoms. The molecule has 2 saturated carbocycles. The van der Waals surface area contributed by atoms with Gasteiger partial charge in [-0.25, -0.2) is 0 Å². The summed E-state index contributed by atoms with van der Waals surface area (Å²) in [6.07, 6.45) is 8.15. The highest BCUT2D eigenvalue weighted by Crippen LogP contribution is 2.37. The molecule has 0 aromatic heterocycles. The van der Waals surface area contributed by atoms with E-state index in [0.717, 1.165) is 37.2 Å². The lowest BCUT2D eigenvalue weighted by Gasteiger charge is -2.37. The Kier molecular flexibility index (Phi) is 4.44. The Hall–Kier alpha value is -0.900. The van der Waals surface area contributed by atoms with E-state index < -0.39 is 5.60 Å². The Labute approximate surface area is 140 Å². The fourth-order valence-corrected chi connectivity index (χ4v) is 4.43. The molecule has 1 saturated heterocycles. The van der Waals surface area contributed by atoms with E-state index in [1.807, 2.05) is 18.2 Å². The number of nitrogens with zero attached hydrogens (tertiary/aromatic N) is 1. The van der Waals surface area contributed by atoms with Crippen LogP contribution in [0.25, 0.3) is 0 Å². The third-order valence-electron chi connectivity index (χ3n) is 6.08. The molecular weight excluding hydrogens is 284 g/mol. The van der Waals surface area contributed by atoms with Crippen LogP contribution in [0.15, 0.2) is 30.3 Å². The number of likely N-dealkylation sites (tertiary alicyclic amines) is 1. The highest BCUT2D eigenvalue weighted by Gasteiger charge is 2.36. The second-order valence-corrected chi connectivity index (χ2v) is 8.03. The minimum Gasteiger partial charge on any atom is -0.385 e. The van der Waals surface area contributed by atoms with Gasteiger partial charge in [-0.1, -0.05) is 30.3 Å². The molecule has 1 aromatic carbocycles. The van der Waals surface area contributed by atoms with Crippen LogP contribution in [-0.2, 0) is 5.60 Å². The fraction of sp³-hybridized carbons (Fsp3) is 0.700. The Morgan fingerprint density at radius 1 is 1.00 bits per heavy atom. The molecule has 4 rings (SSSR count). The lowest BCUT2D eigenvalue weighted by Crippen LogP contribution is -2.45. The summed E-state index contributed by atoms with van der Waals surface area (Å²) >= 11 is 0. The zero-order valence-corrected chi connectivity index (χ0v) is 14.1. The Balaban J connectivity index is 1.25. The molecule has 1 unspecified atom stereocenters. The molecule has 1 aromatic rings. The second kappa shape index (κ2) is 6.54. The number of benzene rings is 1. The molecule has 2 N–H and O–H groups in total. The van der Waals surface area contributed by atoms with Crippen LogP contribution < -0.4 is 5.32 Å². The average Bonchev–Trinajstić information content (AvgIpc) is 3.29. The van der Waals surface area contributed by atoms with Gasteiger partial charge in [0.1, 0.15) is 0 Å². The lowest BCUT2D eigenvalue weighted by molar-refractivity contribution is -0.00927. The van der Waals surface area contributed by atoms with Gasteiger partial charge in [0, 0.05) is 25.2 Å². The summed E-state index contributed by atoms with van der Waals surface area (Å²) in [5.74, 6) is 1.00. The van der Waals surface area contributed by atoms with Crippen molar-refractivity contribution in [2.45, 2.75) is 62.6 Å². The molecule has 1 atom stereocenters. The van der Waals surface area contributed by atoms with Crippen LogP contribution in [0.3, 0.4) is 0 Å². The van der Waals surface area contributed by atoms with Crippen molar-refractivity contribution in [3.8, 4) is 0 Å². The first-order valence-corrected chi connectivity index (χ1v) is 9.48. The second-order valence-electron chi connectivity index (χ2n) is 8.03. The van der Waals surface area contributed by atoms with Crippen molar-refractivity contribution in [2.75, 3.05) is 19.6 Å². The van der Waals surface area contributed by atoms with Gasteiger partial charge in [-0.15, -0.1) is 0 Å². The van der Waals surface area contributed by atoms with Crippen LogP contribution in [0.2, 0.25) is 0 Å². The van der Waals surface area contributed by atoms with Crippen molar-refractivity contribution in [1.29, 1.82) is 0 Å². The van der Waals surface area contributed by atoms with Gasteiger partial charge in [0.2, 0.25) is 0 Å². The summed E-state index contributed by atoms with van der Waals surface area (Å²) in [5.41, 5.74) is 0.488. The van der Waals surface area contributed by atoms with Crippen LogP contribution >= 0.6 is 0 Å². The summed E-state index contributed by atoms with van der Waals surface area (Å²) in [6, 6.07) is 11.5. The SMILES string of the molecule is OC1(c2ccccc2)CCC(NC2CCN(CC3CC3)C2)CC1. The first-order valence-electron chi connectivity index (χ1n) is 9.48. The number of aliphatic hydroxyl groups is 1. The predicted molar refractivity (Wildman–Crippen MR) is 93.3 cm³/mol. The maximum Gasteiger partial charge on any atom is 0.0897 e. The summed E-state index contributed by atoms with van der Waals surface area (Å²) < 4.78 is 0. The van der Waals surface area contributed by atoms with E-state index in [0.29, 0.717) is 12.1 Å². The maximum atomic E-state index is 10.9. The molecule has 0 amide bonds.